The Kier molecular flexibility index (Phi) is 4.09. The zero-order valence-electron chi connectivity index (χ0n) is 13.8. The van der Waals surface area contributed by atoms with E-state index in [1.54, 1.807) is 34.9 Å². The third kappa shape index (κ3) is 2.96. The highest BCUT2D eigenvalue weighted by Crippen LogP contribution is 2.38. The molecule has 0 unspecified atom stereocenters. The van der Waals surface area contributed by atoms with Gasteiger partial charge in [-0.1, -0.05) is 48.0 Å². The highest BCUT2D eigenvalue weighted by Gasteiger charge is 2.32. The van der Waals surface area contributed by atoms with Crippen LogP contribution in [0.3, 0.4) is 0 Å². The first-order chi connectivity index (χ1) is 12.1. The predicted octanol–water partition coefficient (Wildman–Crippen LogP) is 3.99. The van der Waals surface area contributed by atoms with Crippen LogP contribution in [-0.4, -0.2) is 23.1 Å². The number of rotatable bonds is 2. The molecule has 1 fully saturated rings. The van der Waals surface area contributed by atoms with E-state index in [1.165, 1.54) is 5.56 Å². The molecule has 1 aliphatic rings. The van der Waals surface area contributed by atoms with E-state index in [-0.39, 0.29) is 16.8 Å². The summed E-state index contributed by atoms with van der Waals surface area (Å²) < 4.78 is 5.32. The third-order valence-corrected chi connectivity index (χ3v) is 5.65. The Morgan fingerprint density at radius 3 is 2.72 bits per heavy atom. The Labute approximate surface area is 149 Å². The molecule has 4 nitrogen and oxygen atoms in total. The highest BCUT2D eigenvalue weighted by atomic mass is 32.2. The van der Waals surface area contributed by atoms with Gasteiger partial charge < -0.3 is 9.32 Å². The van der Waals surface area contributed by atoms with Crippen LogP contribution in [0.15, 0.2) is 63.8 Å². The molecule has 1 atom stereocenters. The second kappa shape index (κ2) is 6.41. The van der Waals surface area contributed by atoms with Crippen molar-refractivity contribution in [3.05, 3.63) is 81.7 Å². The maximum absolute atomic E-state index is 13.0. The molecule has 0 aliphatic carbocycles. The maximum Gasteiger partial charge on any atom is 0.349 e. The Balaban J connectivity index is 1.71. The fraction of sp³-hybridized carbons (Fsp3) is 0.200. The van der Waals surface area contributed by atoms with Gasteiger partial charge in [0.05, 0.1) is 0 Å². The normalized spacial score (nSPS) is 17.2. The molecular weight excluding hydrogens is 334 g/mol. The van der Waals surface area contributed by atoms with Crippen LogP contribution >= 0.6 is 11.8 Å². The summed E-state index contributed by atoms with van der Waals surface area (Å²) in [5, 5.41) is 0.683. The van der Waals surface area contributed by atoms with Gasteiger partial charge in [0.15, 0.2) is 0 Å². The van der Waals surface area contributed by atoms with Crippen molar-refractivity contribution in [1.29, 1.82) is 0 Å². The highest BCUT2D eigenvalue weighted by molar-refractivity contribution is 7.99. The van der Waals surface area contributed by atoms with Gasteiger partial charge in [-0.3, -0.25) is 4.79 Å². The summed E-state index contributed by atoms with van der Waals surface area (Å²) in [4.78, 5) is 27.1. The lowest BCUT2D eigenvalue weighted by molar-refractivity contribution is 0.0756. The molecule has 1 aliphatic heterocycles. The summed E-state index contributed by atoms with van der Waals surface area (Å²) >= 11 is 1.71. The van der Waals surface area contributed by atoms with E-state index in [1.807, 2.05) is 43.3 Å². The first kappa shape index (κ1) is 16.0. The topological polar surface area (TPSA) is 50.5 Å². The first-order valence-corrected chi connectivity index (χ1v) is 9.20. The van der Waals surface area contributed by atoms with Gasteiger partial charge in [-0.15, -0.1) is 11.8 Å². The Morgan fingerprint density at radius 2 is 1.92 bits per heavy atom. The molecule has 2 aromatic carbocycles. The zero-order chi connectivity index (χ0) is 17.4. The molecule has 0 bridgehead atoms. The van der Waals surface area contributed by atoms with E-state index < -0.39 is 5.63 Å². The molecular formula is C20H17NO3S. The van der Waals surface area contributed by atoms with Crippen molar-refractivity contribution in [3.63, 3.8) is 0 Å². The molecule has 5 heteroatoms. The molecule has 1 amide bonds. The number of fused-ring (bicyclic) bond motifs is 1. The largest absolute Gasteiger partial charge is 0.422 e. The summed E-state index contributed by atoms with van der Waals surface area (Å²) in [7, 11) is 0. The second-order valence-electron chi connectivity index (χ2n) is 6.12. The van der Waals surface area contributed by atoms with E-state index in [0.29, 0.717) is 12.1 Å². The van der Waals surface area contributed by atoms with Gasteiger partial charge in [0.2, 0.25) is 0 Å². The third-order valence-electron chi connectivity index (χ3n) is 4.39. The van der Waals surface area contributed by atoms with Crippen LogP contribution in [0.1, 0.15) is 26.9 Å². The first-order valence-electron chi connectivity index (χ1n) is 8.15. The molecule has 2 heterocycles. The van der Waals surface area contributed by atoms with Crippen LogP contribution in [-0.2, 0) is 0 Å². The zero-order valence-corrected chi connectivity index (χ0v) is 14.6. The standard InChI is InChI=1S/C20H17NO3S/c1-13-6-8-14(9-7-13)19-21(10-11-25-19)18(22)16-12-15-4-2-3-5-17(15)24-20(16)23/h2-9,12,19H,10-11H2,1H3/t19-/m1/s1. The van der Waals surface area contributed by atoms with Crippen LogP contribution in [0, 0.1) is 6.92 Å². The van der Waals surface area contributed by atoms with Crippen molar-refractivity contribution in [1.82, 2.24) is 4.90 Å². The molecule has 4 rings (SSSR count). The molecule has 25 heavy (non-hydrogen) atoms. The number of carbonyl (C=O) groups excluding carboxylic acids is 1. The monoisotopic (exact) mass is 351 g/mol. The number of hydrogen-bond donors (Lipinski definition) is 0. The molecule has 0 N–H and O–H groups in total. The number of thioether (sulfide) groups is 1. The van der Waals surface area contributed by atoms with E-state index in [2.05, 4.69) is 0 Å². The number of carbonyl (C=O) groups is 1. The number of nitrogens with zero attached hydrogens (tertiary/aromatic N) is 1. The fourth-order valence-electron chi connectivity index (χ4n) is 3.05. The van der Waals surface area contributed by atoms with Crippen LogP contribution in [0.4, 0.5) is 0 Å². The Morgan fingerprint density at radius 1 is 1.16 bits per heavy atom. The number of hydrogen-bond acceptors (Lipinski definition) is 4. The molecule has 0 spiro atoms. The van der Waals surface area contributed by atoms with Crippen LogP contribution in [0.25, 0.3) is 11.0 Å². The quantitative estimate of drug-likeness (QED) is 0.655. The minimum atomic E-state index is -0.580. The second-order valence-corrected chi connectivity index (χ2v) is 7.31. The van der Waals surface area contributed by atoms with Crippen molar-refractivity contribution in [2.75, 3.05) is 12.3 Å². The van der Waals surface area contributed by atoms with Gasteiger partial charge in [0.1, 0.15) is 16.5 Å². The van der Waals surface area contributed by atoms with Gasteiger partial charge in [0, 0.05) is 17.7 Å². The fourth-order valence-corrected chi connectivity index (χ4v) is 4.31. The maximum atomic E-state index is 13.0. The predicted molar refractivity (Wildman–Crippen MR) is 99.9 cm³/mol. The van der Waals surface area contributed by atoms with Crippen molar-refractivity contribution < 1.29 is 9.21 Å². The van der Waals surface area contributed by atoms with E-state index in [4.69, 9.17) is 4.42 Å². The van der Waals surface area contributed by atoms with Crippen LogP contribution in [0.2, 0.25) is 0 Å². The lowest BCUT2D eigenvalue weighted by Gasteiger charge is -2.24. The van der Waals surface area contributed by atoms with Gasteiger partial charge in [-0.25, -0.2) is 4.79 Å². The summed E-state index contributed by atoms with van der Waals surface area (Å²) in [6, 6.07) is 17.0. The van der Waals surface area contributed by atoms with Crippen molar-refractivity contribution in [2.24, 2.45) is 0 Å². The molecule has 0 radical (unpaired) electrons. The van der Waals surface area contributed by atoms with E-state index >= 15 is 0 Å². The van der Waals surface area contributed by atoms with Gasteiger partial charge >= 0.3 is 5.63 Å². The van der Waals surface area contributed by atoms with Gasteiger partial charge in [0.25, 0.3) is 5.91 Å². The van der Waals surface area contributed by atoms with E-state index in [9.17, 15) is 9.59 Å². The molecule has 3 aromatic rings. The molecule has 126 valence electrons. The summed E-state index contributed by atoms with van der Waals surface area (Å²) in [6.07, 6.45) is 0. The summed E-state index contributed by atoms with van der Waals surface area (Å²) in [5.41, 5.74) is 2.27. The molecule has 1 saturated heterocycles. The SMILES string of the molecule is Cc1ccc([C@H]2SCCN2C(=O)c2cc3ccccc3oc2=O)cc1. The van der Waals surface area contributed by atoms with Gasteiger partial charge in [-0.2, -0.15) is 0 Å². The minimum absolute atomic E-state index is 0.0704. The minimum Gasteiger partial charge on any atom is -0.422 e. The van der Waals surface area contributed by atoms with Crippen LogP contribution in [0.5, 0.6) is 0 Å². The summed E-state index contributed by atoms with van der Waals surface area (Å²) in [5.74, 6) is 0.582. The van der Waals surface area contributed by atoms with Crippen molar-refractivity contribution in [2.45, 2.75) is 12.3 Å². The van der Waals surface area contributed by atoms with Crippen molar-refractivity contribution >= 4 is 28.6 Å². The average Bonchev–Trinajstić information content (AvgIpc) is 3.11. The number of amides is 1. The molecule has 0 saturated carbocycles. The van der Waals surface area contributed by atoms with Gasteiger partial charge in [-0.05, 0) is 24.6 Å². The Bertz CT molecular complexity index is 994. The Hall–Kier alpha value is -2.53. The summed E-state index contributed by atoms with van der Waals surface area (Å²) in [6.45, 7) is 2.66. The number of benzene rings is 2. The number of aryl methyl sites for hydroxylation is 1. The number of para-hydroxylation sites is 1. The smallest absolute Gasteiger partial charge is 0.349 e. The van der Waals surface area contributed by atoms with Crippen molar-refractivity contribution in [3.8, 4) is 0 Å². The van der Waals surface area contributed by atoms with E-state index in [0.717, 1.165) is 16.7 Å². The molecule has 1 aromatic heterocycles. The van der Waals surface area contributed by atoms with Crippen LogP contribution < -0.4 is 5.63 Å². The lowest BCUT2D eigenvalue weighted by atomic mass is 10.1. The average molecular weight is 351 g/mol. The lowest BCUT2D eigenvalue weighted by Crippen LogP contribution is -2.33.